The minimum atomic E-state index is -1.07. The van der Waals surface area contributed by atoms with Crippen LogP contribution in [0.4, 0.5) is 0 Å². The lowest BCUT2D eigenvalue weighted by Crippen LogP contribution is -2.67. The summed E-state index contributed by atoms with van der Waals surface area (Å²) in [6, 6.07) is 0. The van der Waals surface area contributed by atoms with Crippen molar-refractivity contribution in [3.8, 4) is 0 Å². The van der Waals surface area contributed by atoms with E-state index < -0.39 is 35.6 Å². The van der Waals surface area contributed by atoms with Crippen molar-refractivity contribution >= 4 is 23.8 Å². The van der Waals surface area contributed by atoms with E-state index in [9.17, 15) is 24.3 Å². The van der Waals surface area contributed by atoms with Gasteiger partial charge in [0.25, 0.3) is 0 Å². The topological polar surface area (TPSA) is 110 Å². The zero-order valence-corrected chi connectivity index (χ0v) is 21.3. The number of quaternary nitrogens is 1. The third kappa shape index (κ3) is 7.98. The second kappa shape index (κ2) is 12.9. The molecule has 1 N–H and O–H groups in total. The number of nitrogens with zero attached hydrogens (tertiary/aromatic N) is 2. The SMILES string of the molecule is CCC(CC(CC(CC(C)C(=O)OC)C(=O)O)C(=O)N(C)C)C(=O)OC1C[N+](CC)(CC)C1. The van der Waals surface area contributed by atoms with Crippen LogP contribution in [0, 0.1) is 23.7 Å². The van der Waals surface area contributed by atoms with E-state index in [4.69, 9.17) is 9.47 Å². The number of likely N-dealkylation sites (N-methyl/N-ethyl adjacent to an activating group) is 1. The summed E-state index contributed by atoms with van der Waals surface area (Å²) in [6.07, 6.45) is 0.725. The van der Waals surface area contributed by atoms with Gasteiger partial charge in [-0.2, -0.15) is 0 Å². The quantitative estimate of drug-likeness (QED) is 0.305. The normalized spacial score (nSPS) is 18.9. The van der Waals surface area contributed by atoms with Crippen molar-refractivity contribution in [2.45, 2.75) is 59.5 Å². The first-order valence-corrected chi connectivity index (χ1v) is 12.0. The molecule has 0 aromatic carbocycles. The summed E-state index contributed by atoms with van der Waals surface area (Å²) in [4.78, 5) is 50.9. The zero-order valence-electron chi connectivity index (χ0n) is 21.3. The zero-order chi connectivity index (χ0) is 25.3. The number of carbonyl (C=O) groups excluding carboxylic acids is 3. The summed E-state index contributed by atoms with van der Waals surface area (Å²) >= 11 is 0. The van der Waals surface area contributed by atoms with Crippen LogP contribution in [0.5, 0.6) is 0 Å². The van der Waals surface area contributed by atoms with E-state index in [0.29, 0.717) is 6.42 Å². The lowest BCUT2D eigenvalue weighted by Gasteiger charge is -2.48. The number of methoxy groups -OCH3 is 1. The van der Waals surface area contributed by atoms with Crippen molar-refractivity contribution in [2.24, 2.45) is 23.7 Å². The molecule has 0 aromatic rings. The van der Waals surface area contributed by atoms with Crippen molar-refractivity contribution in [3.05, 3.63) is 0 Å². The van der Waals surface area contributed by atoms with Crippen molar-refractivity contribution in [3.63, 3.8) is 0 Å². The van der Waals surface area contributed by atoms with Gasteiger partial charge < -0.3 is 24.0 Å². The molecule has 0 radical (unpaired) electrons. The lowest BCUT2D eigenvalue weighted by molar-refractivity contribution is -0.968. The Hall–Kier alpha value is -2.16. The Kier molecular flexibility index (Phi) is 11.3. The largest absolute Gasteiger partial charge is 0.481 e. The summed E-state index contributed by atoms with van der Waals surface area (Å²) in [5.74, 6) is -4.76. The second-order valence-electron chi connectivity index (χ2n) is 9.60. The maximum Gasteiger partial charge on any atom is 0.309 e. The number of likely N-dealkylation sites (tertiary alicyclic amines) is 1. The van der Waals surface area contributed by atoms with Crippen LogP contribution >= 0.6 is 0 Å². The standard InChI is InChI=1S/C24H42N2O7/c1-8-17(24(31)33-20-14-26(9-2,10-3)15-20)12-18(21(27)25(5)6)13-19(22(28)29)11-16(4)23(30)32-7/h16-20H,8-15H2,1-7H3/p+1. The van der Waals surface area contributed by atoms with Gasteiger partial charge in [0.05, 0.1) is 38.0 Å². The van der Waals surface area contributed by atoms with Gasteiger partial charge in [0.15, 0.2) is 6.10 Å². The number of hydrogen-bond acceptors (Lipinski definition) is 6. The number of hydrogen-bond donors (Lipinski definition) is 1. The van der Waals surface area contributed by atoms with Gasteiger partial charge in [0, 0.05) is 20.0 Å². The predicted octanol–water partition coefficient (Wildman–Crippen LogP) is 2.18. The van der Waals surface area contributed by atoms with Crippen molar-refractivity contribution < 1.29 is 38.2 Å². The Bertz CT molecular complexity index is 682. The molecule has 9 nitrogen and oxygen atoms in total. The third-order valence-electron chi connectivity index (χ3n) is 7.15. The molecular formula is C24H43N2O7+. The van der Waals surface area contributed by atoms with Crippen LogP contribution in [0.1, 0.15) is 53.4 Å². The summed E-state index contributed by atoms with van der Waals surface area (Å²) in [6.45, 7) is 11.4. The van der Waals surface area contributed by atoms with E-state index in [2.05, 4.69) is 13.8 Å². The highest BCUT2D eigenvalue weighted by molar-refractivity contribution is 5.81. The van der Waals surface area contributed by atoms with Crippen LogP contribution in [0.3, 0.4) is 0 Å². The maximum atomic E-state index is 12.9. The van der Waals surface area contributed by atoms with Gasteiger partial charge in [-0.15, -0.1) is 0 Å². The number of carboxylic acid groups (broad SMARTS) is 1. The molecule has 4 unspecified atom stereocenters. The van der Waals surface area contributed by atoms with Crippen LogP contribution in [0.15, 0.2) is 0 Å². The summed E-state index contributed by atoms with van der Waals surface area (Å²) in [5, 5.41) is 9.73. The first-order valence-electron chi connectivity index (χ1n) is 12.0. The first-order chi connectivity index (χ1) is 15.4. The fourth-order valence-electron chi connectivity index (χ4n) is 4.69. The van der Waals surface area contributed by atoms with Crippen LogP contribution in [0.25, 0.3) is 0 Å². The minimum Gasteiger partial charge on any atom is -0.481 e. The number of esters is 2. The summed E-state index contributed by atoms with van der Waals surface area (Å²) < 4.78 is 11.4. The highest BCUT2D eigenvalue weighted by Crippen LogP contribution is 2.30. The highest BCUT2D eigenvalue weighted by atomic mass is 16.5. The molecule has 1 aliphatic rings. The number of carbonyl (C=O) groups is 4. The Labute approximate surface area is 198 Å². The summed E-state index contributed by atoms with van der Waals surface area (Å²) in [5.41, 5.74) is 0. The van der Waals surface area contributed by atoms with Crippen molar-refractivity contribution in [1.82, 2.24) is 4.90 Å². The smallest absolute Gasteiger partial charge is 0.309 e. The molecule has 9 heteroatoms. The van der Waals surface area contributed by atoms with E-state index in [1.165, 1.54) is 12.0 Å². The van der Waals surface area contributed by atoms with E-state index >= 15 is 0 Å². The van der Waals surface area contributed by atoms with Gasteiger partial charge in [-0.1, -0.05) is 13.8 Å². The van der Waals surface area contributed by atoms with Crippen LogP contribution in [-0.2, 0) is 28.7 Å². The van der Waals surface area contributed by atoms with Crippen molar-refractivity contribution in [1.29, 1.82) is 0 Å². The molecule has 1 rings (SSSR count). The monoisotopic (exact) mass is 471 g/mol. The number of rotatable bonds is 14. The number of carboxylic acids is 1. The fraction of sp³-hybridized carbons (Fsp3) is 0.833. The highest BCUT2D eigenvalue weighted by Gasteiger charge is 2.44. The molecule has 1 saturated heterocycles. The van der Waals surface area contributed by atoms with Gasteiger partial charge in [0.1, 0.15) is 13.1 Å². The molecule has 0 bridgehead atoms. The van der Waals surface area contributed by atoms with Gasteiger partial charge in [-0.3, -0.25) is 19.2 Å². The number of aliphatic carboxylic acids is 1. The molecule has 1 fully saturated rings. The molecule has 33 heavy (non-hydrogen) atoms. The molecule has 1 heterocycles. The Morgan fingerprint density at radius 3 is 1.91 bits per heavy atom. The van der Waals surface area contributed by atoms with Gasteiger partial charge in [-0.25, -0.2) is 0 Å². The van der Waals surface area contributed by atoms with Crippen LogP contribution in [0.2, 0.25) is 0 Å². The fourth-order valence-corrected chi connectivity index (χ4v) is 4.69. The average molecular weight is 472 g/mol. The molecule has 0 aliphatic carbocycles. The lowest BCUT2D eigenvalue weighted by atomic mass is 9.82. The maximum absolute atomic E-state index is 12.9. The molecule has 1 amide bonds. The number of amides is 1. The van der Waals surface area contributed by atoms with Crippen LogP contribution < -0.4 is 0 Å². The third-order valence-corrected chi connectivity index (χ3v) is 7.15. The van der Waals surface area contributed by atoms with Gasteiger partial charge in [-0.05, 0) is 39.5 Å². The second-order valence-corrected chi connectivity index (χ2v) is 9.60. The molecule has 190 valence electrons. The Balaban J connectivity index is 2.90. The van der Waals surface area contributed by atoms with E-state index in [1.807, 2.05) is 6.92 Å². The Morgan fingerprint density at radius 1 is 0.939 bits per heavy atom. The molecular weight excluding hydrogens is 428 g/mol. The van der Waals surface area contributed by atoms with E-state index in [1.54, 1.807) is 21.0 Å². The van der Waals surface area contributed by atoms with E-state index in [-0.39, 0.29) is 37.2 Å². The Morgan fingerprint density at radius 2 is 1.48 bits per heavy atom. The summed E-state index contributed by atoms with van der Waals surface area (Å²) in [7, 11) is 4.49. The van der Waals surface area contributed by atoms with Gasteiger partial charge in [0.2, 0.25) is 5.91 Å². The first kappa shape index (κ1) is 28.9. The number of ether oxygens (including phenoxy) is 2. The molecule has 0 saturated carbocycles. The van der Waals surface area contributed by atoms with Crippen LogP contribution in [-0.4, -0.2) is 91.8 Å². The predicted molar refractivity (Wildman–Crippen MR) is 123 cm³/mol. The van der Waals surface area contributed by atoms with Crippen molar-refractivity contribution in [2.75, 3.05) is 47.4 Å². The van der Waals surface area contributed by atoms with E-state index in [0.717, 1.165) is 30.7 Å². The van der Waals surface area contributed by atoms with Gasteiger partial charge >= 0.3 is 17.9 Å². The molecule has 0 aromatic heterocycles. The average Bonchev–Trinajstić information content (AvgIpc) is 2.76. The molecule has 1 aliphatic heterocycles. The molecule has 4 atom stereocenters. The minimum absolute atomic E-state index is 0.0482. The molecule has 0 spiro atoms.